The smallest absolute Gasteiger partial charge is 0.0349 e. The topological polar surface area (TPSA) is 26.0 Å². The average Bonchev–Trinajstić information content (AvgIpc) is 1.98. The Bertz CT molecular complexity index is 131. The van der Waals surface area contributed by atoms with Crippen molar-refractivity contribution in [1.29, 1.82) is 0 Å². The molecule has 0 aromatic carbocycles. The summed E-state index contributed by atoms with van der Waals surface area (Å²) in [6, 6.07) is 0.457. The molecule has 0 aromatic heterocycles. The van der Waals surface area contributed by atoms with Crippen molar-refractivity contribution >= 4 is 15.9 Å². The lowest BCUT2D eigenvalue weighted by Gasteiger charge is -2.32. The molecule has 0 radical (unpaired) electrons. The molecule has 0 aromatic rings. The highest BCUT2D eigenvalue weighted by Crippen LogP contribution is 2.22. The number of hydrogen-bond donors (Lipinski definition) is 1. The molecule has 3 heteroatoms. The Morgan fingerprint density at radius 3 is 2.00 bits per heavy atom. The van der Waals surface area contributed by atoms with Crippen LogP contribution in [0.15, 0.2) is 0 Å². The molecule has 0 rings (SSSR count). The normalized spacial score (nSPS) is 20.2. The first-order valence-electron chi connectivity index (χ1n) is 5.06. The molecule has 0 saturated heterocycles. The van der Waals surface area contributed by atoms with E-state index < -0.39 is 15.9 Å². The summed E-state index contributed by atoms with van der Waals surface area (Å²) >= 11 is 0. The second kappa shape index (κ2) is 4.58. The van der Waals surface area contributed by atoms with E-state index in [0.717, 1.165) is 12.0 Å². The van der Waals surface area contributed by atoms with Crippen LogP contribution in [-0.4, -0.2) is 21.9 Å². The Morgan fingerprint density at radius 1 is 1.33 bits per heavy atom. The van der Waals surface area contributed by atoms with Gasteiger partial charge in [0, 0.05) is 21.9 Å². The Kier molecular flexibility index (Phi) is 4.73. The molecule has 0 amide bonds. The summed E-state index contributed by atoms with van der Waals surface area (Å²) in [7, 11) is -1.39. The highest BCUT2D eigenvalue weighted by Gasteiger charge is 2.30. The molecule has 74 valence electrons. The molecule has 3 atom stereocenters. The van der Waals surface area contributed by atoms with Gasteiger partial charge in [-0.2, -0.15) is 0 Å². The van der Waals surface area contributed by atoms with Crippen LogP contribution < -0.4 is 5.73 Å². The van der Waals surface area contributed by atoms with Gasteiger partial charge < -0.3 is 5.73 Å². The monoisotopic (exact) mass is 203 g/mol. The Balaban J connectivity index is 4.19. The third-order valence-corrected chi connectivity index (χ3v) is 17.9. The lowest BCUT2D eigenvalue weighted by Crippen LogP contribution is -2.47. The van der Waals surface area contributed by atoms with Crippen molar-refractivity contribution in [2.75, 3.05) is 0 Å². The van der Waals surface area contributed by atoms with Gasteiger partial charge in [-0.25, -0.2) is 0 Å². The highest BCUT2D eigenvalue weighted by molar-refractivity contribution is 7.31. The second-order valence-corrected chi connectivity index (χ2v) is 20.4. The van der Waals surface area contributed by atoms with Gasteiger partial charge in [-0.1, -0.05) is 40.0 Å². The Hall–Kier alpha value is 0.394. The fourth-order valence-corrected chi connectivity index (χ4v) is 9.60. The summed E-state index contributed by atoms with van der Waals surface area (Å²) in [5.41, 5.74) is 6.89. The van der Waals surface area contributed by atoms with Gasteiger partial charge in [-0.3, -0.25) is 0 Å². The standard InChI is InChI=1S/C9H25NSi2/c1-7-9(10)8(2)11(3)12(4,5)6/h8-9,11H,7,10H2,1-6H3. The first-order valence-corrected chi connectivity index (χ1v) is 12.2. The van der Waals surface area contributed by atoms with Gasteiger partial charge >= 0.3 is 0 Å². The van der Waals surface area contributed by atoms with Crippen molar-refractivity contribution in [3.8, 4) is 0 Å². The molecule has 2 N–H and O–H groups in total. The number of nitrogens with two attached hydrogens (primary N) is 1. The zero-order valence-corrected chi connectivity index (χ0v) is 11.7. The van der Waals surface area contributed by atoms with Crippen molar-refractivity contribution in [3.63, 3.8) is 0 Å². The molecule has 0 spiro atoms. The minimum Gasteiger partial charge on any atom is -0.328 e. The van der Waals surface area contributed by atoms with Crippen LogP contribution in [0.1, 0.15) is 20.3 Å². The third-order valence-electron chi connectivity index (χ3n) is 3.30. The van der Waals surface area contributed by atoms with Crippen LogP contribution in [0.25, 0.3) is 0 Å². The third kappa shape index (κ3) is 3.41. The first-order chi connectivity index (χ1) is 5.30. The average molecular weight is 203 g/mol. The van der Waals surface area contributed by atoms with Crippen LogP contribution in [0.5, 0.6) is 0 Å². The van der Waals surface area contributed by atoms with Gasteiger partial charge in [0.25, 0.3) is 0 Å². The quantitative estimate of drug-likeness (QED) is 0.698. The molecule has 0 fully saturated rings. The molecule has 0 aliphatic rings. The van der Waals surface area contributed by atoms with Crippen LogP contribution in [-0.2, 0) is 0 Å². The zero-order valence-electron chi connectivity index (χ0n) is 9.52. The lowest BCUT2D eigenvalue weighted by atomic mass is 10.2. The van der Waals surface area contributed by atoms with E-state index in [9.17, 15) is 0 Å². The van der Waals surface area contributed by atoms with Gasteiger partial charge in [-0.15, -0.1) is 0 Å². The van der Waals surface area contributed by atoms with E-state index in [1.54, 1.807) is 0 Å². The summed E-state index contributed by atoms with van der Waals surface area (Å²) in [6.45, 7) is 14.5. The predicted molar refractivity (Wildman–Crippen MR) is 64.0 cm³/mol. The molecule has 1 nitrogen and oxygen atoms in total. The minimum atomic E-state index is -0.844. The predicted octanol–water partition coefficient (Wildman–Crippen LogP) is 2.39. The Labute approximate surface area is 80.1 Å². The fraction of sp³-hybridized carbons (Fsp3) is 1.00. The second-order valence-electron chi connectivity index (χ2n) is 5.09. The van der Waals surface area contributed by atoms with E-state index >= 15 is 0 Å². The zero-order chi connectivity index (χ0) is 9.94. The van der Waals surface area contributed by atoms with E-state index in [1.165, 1.54) is 0 Å². The lowest BCUT2D eigenvalue weighted by molar-refractivity contribution is 0.621. The summed E-state index contributed by atoms with van der Waals surface area (Å²) in [5.74, 6) is 0. The summed E-state index contributed by atoms with van der Waals surface area (Å²) < 4.78 is 0. The van der Waals surface area contributed by atoms with Crippen LogP contribution in [0.4, 0.5) is 0 Å². The molecule has 0 heterocycles. The van der Waals surface area contributed by atoms with E-state index in [2.05, 4.69) is 40.0 Å². The van der Waals surface area contributed by atoms with Crippen LogP contribution in [0.3, 0.4) is 0 Å². The van der Waals surface area contributed by atoms with Crippen LogP contribution >= 0.6 is 0 Å². The largest absolute Gasteiger partial charge is 0.328 e. The van der Waals surface area contributed by atoms with Crippen molar-refractivity contribution in [3.05, 3.63) is 0 Å². The van der Waals surface area contributed by atoms with Crippen LogP contribution in [0, 0.1) is 0 Å². The minimum absolute atomic E-state index is 0.457. The molecule has 3 unspecified atom stereocenters. The van der Waals surface area contributed by atoms with E-state index in [0.29, 0.717) is 6.04 Å². The number of rotatable bonds is 4. The van der Waals surface area contributed by atoms with Gasteiger partial charge in [0.2, 0.25) is 0 Å². The van der Waals surface area contributed by atoms with Crippen molar-refractivity contribution in [2.24, 2.45) is 5.73 Å². The van der Waals surface area contributed by atoms with Crippen molar-refractivity contribution in [2.45, 2.75) is 58.0 Å². The van der Waals surface area contributed by atoms with Gasteiger partial charge in [0.1, 0.15) is 0 Å². The van der Waals surface area contributed by atoms with Gasteiger partial charge in [0.15, 0.2) is 0 Å². The summed E-state index contributed by atoms with van der Waals surface area (Å²) in [4.78, 5) is 0. The summed E-state index contributed by atoms with van der Waals surface area (Å²) in [5, 5.41) is 0. The maximum atomic E-state index is 6.07. The highest BCUT2D eigenvalue weighted by atomic mass is 29.2. The van der Waals surface area contributed by atoms with Gasteiger partial charge in [0.05, 0.1) is 0 Å². The fourth-order valence-electron chi connectivity index (χ4n) is 1.53. The summed E-state index contributed by atoms with van der Waals surface area (Å²) in [6.07, 6.45) is 1.14. The SMILES string of the molecule is CCC(N)C(C)[SiH](C)[Si](C)(C)C. The number of hydrogen-bond acceptors (Lipinski definition) is 1. The van der Waals surface area contributed by atoms with Crippen molar-refractivity contribution in [1.82, 2.24) is 0 Å². The van der Waals surface area contributed by atoms with Crippen molar-refractivity contribution < 1.29 is 0 Å². The van der Waals surface area contributed by atoms with E-state index in [1.807, 2.05) is 0 Å². The Morgan fingerprint density at radius 2 is 1.75 bits per heavy atom. The molecular weight excluding hydrogens is 178 g/mol. The van der Waals surface area contributed by atoms with E-state index in [-0.39, 0.29) is 0 Å². The maximum absolute atomic E-state index is 6.07. The molecule has 12 heavy (non-hydrogen) atoms. The van der Waals surface area contributed by atoms with Gasteiger partial charge in [-0.05, 0) is 12.0 Å². The maximum Gasteiger partial charge on any atom is 0.0349 e. The molecule has 0 bridgehead atoms. The van der Waals surface area contributed by atoms with E-state index in [4.69, 9.17) is 5.73 Å². The molecular formula is C9H25NSi2. The molecule has 0 aliphatic heterocycles. The van der Waals surface area contributed by atoms with Crippen LogP contribution in [0.2, 0.25) is 31.7 Å². The first kappa shape index (κ1) is 12.4. The molecule has 0 aliphatic carbocycles. The molecule has 0 saturated carbocycles.